The molecule has 0 amide bonds. The van der Waals surface area contributed by atoms with Gasteiger partial charge in [0.15, 0.2) is 0 Å². The van der Waals surface area contributed by atoms with Crippen molar-refractivity contribution in [2.45, 2.75) is 109 Å². The monoisotopic (exact) mass is 336 g/mol. The molecule has 0 bridgehead atoms. The van der Waals surface area contributed by atoms with Gasteiger partial charge in [-0.25, -0.2) is 0 Å². The first-order valence-corrected chi connectivity index (χ1v) is 10.5. The third-order valence-corrected chi connectivity index (χ3v) is 5.51. The molecule has 0 fully saturated rings. The standard InChI is InChI=1S/C17H36O4S/c1-3-4-5-7-11-14-17(22(19,20)21)15-12-9-6-8-10-13-16(2)18/h16-18H,3-15H2,1-2H3,(H,19,20,21). The van der Waals surface area contributed by atoms with E-state index in [-0.39, 0.29) is 6.10 Å². The van der Waals surface area contributed by atoms with Crippen LogP contribution in [0, 0.1) is 0 Å². The summed E-state index contributed by atoms with van der Waals surface area (Å²) in [4.78, 5) is 0. The molecule has 5 heteroatoms. The molecular formula is C17H36O4S. The van der Waals surface area contributed by atoms with Crippen LogP contribution >= 0.6 is 0 Å². The van der Waals surface area contributed by atoms with Crippen LogP contribution in [0.25, 0.3) is 0 Å². The van der Waals surface area contributed by atoms with Crippen molar-refractivity contribution in [2.75, 3.05) is 0 Å². The van der Waals surface area contributed by atoms with Crippen molar-refractivity contribution < 1.29 is 18.1 Å². The lowest BCUT2D eigenvalue weighted by Gasteiger charge is -2.13. The molecule has 0 rings (SSSR count). The quantitative estimate of drug-likeness (QED) is 0.335. The van der Waals surface area contributed by atoms with Gasteiger partial charge in [0.05, 0.1) is 11.4 Å². The molecule has 2 N–H and O–H groups in total. The van der Waals surface area contributed by atoms with Gasteiger partial charge in [-0.05, 0) is 26.2 Å². The van der Waals surface area contributed by atoms with E-state index in [2.05, 4.69) is 6.92 Å². The second-order valence-corrected chi connectivity index (χ2v) is 8.23. The Bertz CT molecular complexity index is 339. The first-order valence-electron chi connectivity index (χ1n) is 9.02. The van der Waals surface area contributed by atoms with Crippen LogP contribution in [0.1, 0.15) is 97.3 Å². The molecule has 134 valence electrons. The zero-order valence-corrected chi connectivity index (χ0v) is 15.3. The number of rotatable bonds is 15. The highest BCUT2D eigenvalue weighted by molar-refractivity contribution is 7.86. The third kappa shape index (κ3) is 13.5. The van der Waals surface area contributed by atoms with Gasteiger partial charge < -0.3 is 5.11 Å². The normalized spacial score (nSPS) is 14.9. The van der Waals surface area contributed by atoms with Crippen molar-refractivity contribution in [1.29, 1.82) is 0 Å². The molecule has 4 nitrogen and oxygen atoms in total. The molecule has 0 aliphatic rings. The highest BCUT2D eigenvalue weighted by Gasteiger charge is 2.21. The molecule has 0 saturated carbocycles. The summed E-state index contributed by atoms with van der Waals surface area (Å²) in [5.74, 6) is 0. The number of hydrogen-bond donors (Lipinski definition) is 2. The van der Waals surface area contributed by atoms with E-state index in [4.69, 9.17) is 5.11 Å². The topological polar surface area (TPSA) is 74.6 Å². The number of unbranched alkanes of at least 4 members (excludes halogenated alkanes) is 8. The molecule has 0 aromatic carbocycles. The molecule has 22 heavy (non-hydrogen) atoms. The van der Waals surface area contributed by atoms with Gasteiger partial charge >= 0.3 is 0 Å². The first kappa shape index (κ1) is 21.9. The minimum atomic E-state index is -3.90. The summed E-state index contributed by atoms with van der Waals surface area (Å²) in [5, 5.41) is 8.58. The maximum absolute atomic E-state index is 11.4. The van der Waals surface area contributed by atoms with Gasteiger partial charge in [-0.1, -0.05) is 71.1 Å². The van der Waals surface area contributed by atoms with E-state index in [1.54, 1.807) is 6.92 Å². The van der Waals surface area contributed by atoms with Crippen molar-refractivity contribution in [3.63, 3.8) is 0 Å². The van der Waals surface area contributed by atoms with Crippen LogP contribution in [0.4, 0.5) is 0 Å². The van der Waals surface area contributed by atoms with Crippen molar-refractivity contribution in [3.8, 4) is 0 Å². The third-order valence-electron chi connectivity index (χ3n) is 4.20. The molecule has 0 aliphatic carbocycles. The number of aliphatic hydroxyl groups excluding tert-OH is 1. The van der Waals surface area contributed by atoms with E-state index < -0.39 is 15.4 Å². The summed E-state index contributed by atoms with van der Waals surface area (Å²) in [6.45, 7) is 3.96. The van der Waals surface area contributed by atoms with Crippen molar-refractivity contribution in [1.82, 2.24) is 0 Å². The highest BCUT2D eigenvalue weighted by Crippen LogP contribution is 2.19. The van der Waals surface area contributed by atoms with Crippen LogP contribution < -0.4 is 0 Å². The first-order chi connectivity index (χ1) is 10.4. The summed E-state index contributed by atoms with van der Waals surface area (Å²) in [5.41, 5.74) is 0. The summed E-state index contributed by atoms with van der Waals surface area (Å²) in [6, 6.07) is 0. The second kappa shape index (κ2) is 13.3. The summed E-state index contributed by atoms with van der Waals surface area (Å²) in [7, 11) is -3.90. The maximum Gasteiger partial charge on any atom is 0.267 e. The molecule has 0 aromatic rings. The number of hydrogen-bond acceptors (Lipinski definition) is 3. The maximum atomic E-state index is 11.4. The molecule has 0 spiro atoms. The Morgan fingerprint density at radius 1 is 0.773 bits per heavy atom. The Morgan fingerprint density at radius 2 is 1.18 bits per heavy atom. The van der Waals surface area contributed by atoms with Crippen LogP contribution in [0.3, 0.4) is 0 Å². The van der Waals surface area contributed by atoms with Gasteiger partial charge in [0.1, 0.15) is 0 Å². The summed E-state index contributed by atoms with van der Waals surface area (Å²) < 4.78 is 32.2. The van der Waals surface area contributed by atoms with Gasteiger partial charge in [0.2, 0.25) is 0 Å². The minimum absolute atomic E-state index is 0.225. The van der Waals surface area contributed by atoms with E-state index in [1.165, 1.54) is 12.8 Å². The average molecular weight is 337 g/mol. The van der Waals surface area contributed by atoms with Crippen LogP contribution in [-0.2, 0) is 10.1 Å². The fourth-order valence-electron chi connectivity index (χ4n) is 2.76. The van der Waals surface area contributed by atoms with Crippen LogP contribution in [0.15, 0.2) is 0 Å². The Labute approximate surface area is 137 Å². The Balaban J connectivity index is 3.78. The largest absolute Gasteiger partial charge is 0.393 e. The van der Waals surface area contributed by atoms with Crippen molar-refractivity contribution in [2.24, 2.45) is 0 Å². The van der Waals surface area contributed by atoms with Crippen LogP contribution in [0.5, 0.6) is 0 Å². The molecule has 2 unspecified atom stereocenters. The van der Waals surface area contributed by atoms with Gasteiger partial charge in [-0.15, -0.1) is 0 Å². The van der Waals surface area contributed by atoms with Gasteiger partial charge in [-0.3, -0.25) is 4.55 Å². The Morgan fingerprint density at radius 3 is 1.59 bits per heavy atom. The van der Waals surface area contributed by atoms with E-state index in [0.29, 0.717) is 12.8 Å². The predicted octanol–water partition coefficient (Wildman–Crippen LogP) is 4.71. The molecule has 2 atom stereocenters. The smallest absolute Gasteiger partial charge is 0.267 e. The van der Waals surface area contributed by atoms with E-state index >= 15 is 0 Å². The lowest BCUT2D eigenvalue weighted by molar-refractivity contribution is 0.180. The Hall–Kier alpha value is -0.130. The average Bonchev–Trinajstić information content (AvgIpc) is 2.42. The van der Waals surface area contributed by atoms with Gasteiger partial charge in [-0.2, -0.15) is 8.42 Å². The molecule has 0 radical (unpaired) electrons. The zero-order valence-electron chi connectivity index (χ0n) is 14.5. The lowest BCUT2D eigenvalue weighted by atomic mass is 10.0. The van der Waals surface area contributed by atoms with E-state index in [0.717, 1.165) is 57.8 Å². The molecule has 0 saturated heterocycles. The predicted molar refractivity (Wildman–Crippen MR) is 92.7 cm³/mol. The van der Waals surface area contributed by atoms with E-state index in [1.807, 2.05) is 0 Å². The van der Waals surface area contributed by atoms with Gasteiger partial charge in [0.25, 0.3) is 10.1 Å². The molecule has 0 aliphatic heterocycles. The van der Waals surface area contributed by atoms with Crippen molar-refractivity contribution >= 4 is 10.1 Å². The lowest BCUT2D eigenvalue weighted by Crippen LogP contribution is -2.20. The molecular weight excluding hydrogens is 300 g/mol. The minimum Gasteiger partial charge on any atom is -0.393 e. The van der Waals surface area contributed by atoms with E-state index in [9.17, 15) is 13.0 Å². The molecule has 0 heterocycles. The fraction of sp³-hybridized carbons (Fsp3) is 1.00. The summed E-state index contributed by atoms with van der Waals surface area (Å²) >= 11 is 0. The zero-order chi connectivity index (χ0) is 16.8. The fourth-order valence-corrected chi connectivity index (χ4v) is 3.69. The molecule has 0 aromatic heterocycles. The van der Waals surface area contributed by atoms with Crippen LogP contribution in [-0.4, -0.2) is 29.4 Å². The van der Waals surface area contributed by atoms with Crippen LogP contribution in [0.2, 0.25) is 0 Å². The SMILES string of the molecule is CCCCCCCC(CCCCCCCC(C)O)S(=O)(=O)O. The Kier molecular flexibility index (Phi) is 13.2. The highest BCUT2D eigenvalue weighted by atomic mass is 32.2. The van der Waals surface area contributed by atoms with Gasteiger partial charge in [0, 0.05) is 0 Å². The summed E-state index contributed by atoms with van der Waals surface area (Å²) in [6.07, 6.45) is 12.3. The van der Waals surface area contributed by atoms with Crippen molar-refractivity contribution in [3.05, 3.63) is 0 Å². The number of aliphatic hydroxyl groups is 1. The second-order valence-electron chi connectivity index (χ2n) is 6.53.